The maximum Gasteiger partial charge on any atom is 0.329 e. The molecule has 0 bridgehead atoms. The highest BCUT2D eigenvalue weighted by Crippen LogP contribution is 2.26. The predicted molar refractivity (Wildman–Crippen MR) is 122 cm³/mol. The molecule has 8 nitrogen and oxygen atoms in total. The molecule has 0 aliphatic heterocycles. The number of hydrogen-bond donors (Lipinski definition) is 1. The summed E-state index contributed by atoms with van der Waals surface area (Å²) in [6.45, 7) is 0. The molecule has 0 aliphatic carbocycles. The molecular weight excluding hydrogens is 426 g/mol. The van der Waals surface area contributed by atoms with Crippen LogP contribution in [0.4, 0.5) is 0 Å². The lowest BCUT2D eigenvalue weighted by Gasteiger charge is -2.04. The maximum absolute atomic E-state index is 11.3. The Balaban J connectivity index is 1.45. The highest BCUT2D eigenvalue weighted by atomic mass is 32.1. The van der Waals surface area contributed by atoms with Crippen molar-refractivity contribution >= 4 is 40.0 Å². The highest BCUT2D eigenvalue weighted by molar-refractivity contribution is 7.11. The van der Waals surface area contributed by atoms with Crippen LogP contribution in [0.1, 0.15) is 28.4 Å². The molecule has 0 saturated heterocycles. The average molecular weight is 446 g/mol. The number of nitrogens with zero attached hydrogens (tertiary/aromatic N) is 5. The number of aliphatic carboxylic acids is 1. The molecule has 0 spiro atoms. The van der Waals surface area contributed by atoms with Crippen molar-refractivity contribution in [1.29, 1.82) is 0 Å². The van der Waals surface area contributed by atoms with Crippen molar-refractivity contribution in [3.8, 4) is 6.01 Å². The summed E-state index contributed by atoms with van der Waals surface area (Å²) in [7, 11) is 1.47. The summed E-state index contributed by atoms with van der Waals surface area (Å²) < 4.78 is 4.96. The Bertz CT molecular complexity index is 1300. The van der Waals surface area contributed by atoms with Gasteiger partial charge in [-0.3, -0.25) is 0 Å². The summed E-state index contributed by atoms with van der Waals surface area (Å²) in [4.78, 5) is 32.9. The second kappa shape index (κ2) is 9.88. The molecule has 0 atom stereocenters. The topological polar surface area (TPSA) is 111 Å². The van der Waals surface area contributed by atoms with Gasteiger partial charge in [0.25, 0.3) is 0 Å². The molecule has 1 N–H and O–H groups in total. The molecule has 0 aliphatic rings. The number of carboxylic acids is 1. The monoisotopic (exact) mass is 445 g/mol. The molecule has 0 saturated carbocycles. The number of aromatic nitrogens is 5. The summed E-state index contributed by atoms with van der Waals surface area (Å²) in [6.07, 6.45) is 11.4. The fraction of sp³-hybridized carbons (Fsp3) is 0.130. The summed E-state index contributed by atoms with van der Waals surface area (Å²) in [5.74, 6) is -1.07. The number of rotatable bonds is 8. The number of thiazole rings is 1. The molecule has 4 heterocycles. The zero-order valence-corrected chi connectivity index (χ0v) is 18.0. The van der Waals surface area contributed by atoms with Crippen LogP contribution in [-0.2, 0) is 11.2 Å². The third-order valence-corrected chi connectivity index (χ3v) is 5.41. The van der Waals surface area contributed by atoms with E-state index in [4.69, 9.17) is 4.74 Å². The smallest absolute Gasteiger partial charge is 0.329 e. The third kappa shape index (κ3) is 5.19. The number of carbonyl (C=O) groups is 1. The highest BCUT2D eigenvalue weighted by Gasteiger charge is 2.13. The summed E-state index contributed by atoms with van der Waals surface area (Å²) in [6, 6.07) is 8.14. The van der Waals surface area contributed by atoms with Gasteiger partial charge in [0, 0.05) is 52.3 Å². The Labute approximate surface area is 188 Å². The molecule has 4 aromatic heterocycles. The van der Waals surface area contributed by atoms with Crippen molar-refractivity contribution in [3.63, 3.8) is 0 Å². The van der Waals surface area contributed by atoms with Crippen LogP contribution in [-0.4, -0.2) is 43.1 Å². The Morgan fingerprint density at radius 2 is 2.00 bits per heavy atom. The minimum absolute atomic E-state index is 0.211. The van der Waals surface area contributed by atoms with E-state index in [1.54, 1.807) is 6.20 Å². The number of aryl methyl sites for hydroxylation is 1. The van der Waals surface area contributed by atoms with Gasteiger partial charge < -0.3 is 9.84 Å². The van der Waals surface area contributed by atoms with Crippen molar-refractivity contribution < 1.29 is 14.6 Å². The zero-order chi connectivity index (χ0) is 22.3. The van der Waals surface area contributed by atoms with Gasteiger partial charge in [0.2, 0.25) is 0 Å². The van der Waals surface area contributed by atoms with Gasteiger partial charge in [-0.05, 0) is 43.2 Å². The molecule has 32 heavy (non-hydrogen) atoms. The number of methoxy groups -OCH3 is 1. The molecule has 0 radical (unpaired) electrons. The molecular formula is C23H19N5O3S. The molecule has 4 aromatic rings. The summed E-state index contributed by atoms with van der Waals surface area (Å²) >= 11 is 1.36. The number of carboxylic acid groups (broad SMARTS) is 1. The van der Waals surface area contributed by atoms with Gasteiger partial charge in [0.1, 0.15) is 5.01 Å². The summed E-state index contributed by atoms with van der Waals surface area (Å²) in [5, 5.41) is 12.7. The van der Waals surface area contributed by atoms with Crippen LogP contribution >= 0.6 is 11.3 Å². The zero-order valence-electron chi connectivity index (χ0n) is 17.2. The number of fused-ring (bicyclic) bond motifs is 1. The fourth-order valence-corrected chi connectivity index (χ4v) is 3.83. The lowest BCUT2D eigenvalue weighted by molar-refractivity contribution is -0.131. The maximum atomic E-state index is 11.3. The number of pyridine rings is 2. The van der Waals surface area contributed by atoms with Crippen molar-refractivity contribution in [2.24, 2.45) is 0 Å². The SMILES string of the molecule is COc1ncc(C(=CC(=O)O)c2nc(/C=C/CCc3ccc4cccnc4n3)cs2)cn1. The second-order valence-electron chi connectivity index (χ2n) is 6.73. The third-order valence-electron chi connectivity index (χ3n) is 4.52. The van der Waals surface area contributed by atoms with Crippen LogP contribution in [0, 0.1) is 0 Å². The molecule has 0 aromatic carbocycles. The first-order chi connectivity index (χ1) is 15.6. The fourth-order valence-electron chi connectivity index (χ4n) is 3.01. The Hall–Kier alpha value is -3.98. The lowest BCUT2D eigenvalue weighted by atomic mass is 10.1. The van der Waals surface area contributed by atoms with E-state index in [0.29, 0.717) is 16.1 Å². The molecule has 0 amide bonds. The standard InChI is InChI=1S/C23H19N5O3S/c1-31-23-25-12-16(13-26-23)19(11-20(29)30)22-28-18(14-32-22)7-3-2-6-17-9-8-15-5-4-10-24-21(15)27-17/h3-5,7-14H,2,6H2,1H3,(H,29,30)/b7-3+,19-11?. The van der Waals surface area contributed by atoms with Crippen LogP contribution in [0.15, 0.2) is 60.4 Å². The number of allylic oxidation sites excluding steroid dienone is 1. The molecule has 0 unspecified atom stereocenters. The van der Waals surface area contributed by atoms with E-state index in [2.05, 4.69) is 24.9 Å². The Morgan fingerprint density at radius 1 is 1.16 bits per heavy atom. The predicted octanol–water partition coefficient (Wildman–Crippen LogP) is 4.05. The quantitative estimate of drug-likeness (QED) is 0.405. The molecule has 160 valence electrons. The van der Waals surface area contributed by atoms with Crippen molar-refractivity contribution in [2.45, 2.75) is 12.8 Å². The molecule has 9 heteroatoms. The minimum atomic E-state index is -1.07. The Kier molecular flexibility index (Phi) is 6.57. The van der Waals surface area contributed by atoms with Gasteiger partial charge in [0.15, 0.2) is 5.65 Å². The van der Waals surface area contributed by atoms with Crippen molar-refractivity contribution in [3.05, 3.63) is 82.3 Å². The molecule has 0 fully saturated rings. The van der Waals surface area contributed by atoms with Crippen LogP contribution in [0.25, 0.3) is 22.7 Å². The minimum Gasteiger partial charge on any atom is -0.478 e. The molecule has 4 rings (SSSR count). The second-order valence-corrected chi connectivity index (χ2v) is 7.58. The van der Waals surface area contributed by atoms with E-state index in [-0.39, 0.29) is 6.01 Å². The van der Waals surface area contributed by atoms with Crippen LogP contribution < -0.4 is 4.74 Å². The average Bonchev–Trinajstić information content (AvgIpc) is 3.29. The first kappa shape index (κ1) is 21.3. The number of hydrogen-bond acceptors (Lipinski definition) is 8. The van der Waals surface area contributed by atoms with Crippen LogP contribution in [0.5, 0.6) is 6.01 Å². The van der Waals surface area contributed by atoms with E-state index >= 15 is 0 Å². The van der Waals surface area contributed by atoms with Crippen molar-refractivity contribution in [2.75, 3.05) is 7.11 Å². The van der Waals surface area contributed by atoms with E-state index in [9.17, 15) is 9.90 Å². The van der Waals surface area contributed by atoms with Gasteiger partial charge in [-0.15, -0.1) is 11.3 Å². The lowest BCUT2D eigenvalue weighted by Crippen LogP contribution is -1.98. The first-order valence-electron chi connectivity index (χ1n) is 9.76. The van der Waals surface area contributed by atoms with E-state index < -0.39 is 5.97 Å². The largest absolute Gasteiger partial charge is 0.478 e. The van der Waals surface area contributed by atoms with Gasteiger partial charge in [0.05, 0.1) is 12.8 Å². The Morgan fingerprint density at radius 3 is 2.78 bits per heavy atom. The number of ether oxygens (including phenoxy) is 1. The first-order valence-corrected chi connectivity index (χ1v) is 10.6. The van der Waals surface area contributed by atoms with Crippen LogP contribution in [0.3, 0.4) is 0 Å². The van der Waals surface area contributed by atoms with E-state index in [1.807, 2.05) is 41.8 Å². The van der Waals surface area contributed by atoms with Gasteiger partial charge in [-0.1, -0.05) is 6.08 Å². The van der Waals surface area contributed by atoms with Gasteiger partial charge in [-0.25, -0.2) is 29.7 Å². The van der Waals surface area contributed by atoms with Gasteiger partial charge >= 0.3 is 12.0 Å². The summed E-state index contributed by atoms with van der Waals surface area (Å²) in [5.41, 5.74) is 3.47. The van der Waals surface area contributed by atoms with Crippen molar-refractivity contribution in [1.82, 2.24) is 24.9 Å². The van der Waals surface area contributed by atoms with Crippen LogP contribution in [0.2, 0.25) is 0 Å². The van der Waals surface area contributed by atoms with E-state index in [0.717, 1.165) is 41.3 Å². The van der Waals surface area contributed by atoms with E-state index in [1.165, 1.54) is 30.8 Å². The normalized spacial score (nSPS) is 11.8. The van der Waals surface area contributed by atoms with Gasteiger partial charge in [-0.2, -0.15) is 0 Å².